The first-order valence-corrected chi connectivity index (χ1v) is 13.7. The largest absolute Gasteiger partial charge is 0.257 e. The molecule has 1 radical (unpaired) electrons. The molecule has 0 saturated heterocycles. The number of unbranched alkanes of at least 4 members (excludes halogenated alkanes) is 21. The lowest BCUT2D eigenvalue weighted by atomic mass is 10.0. The maximum atomic E-state index is 4.26. The van der Waals surface area contributed by atoms with Crippen molar-refractivity contribution in [3.8, 4) is 0 Å². The molecule has 0 atom stereocenters. The van der Waals surface area contributed by atoms with Crippen LogP contribution in [0.2, 0.25) is 0 Å². The fourth-order valence-electron chi connectivity index (χ4n) is 4.31. The highest BCUT2D eigenvalue weighted by atomic mass is 14.9. The number of rotatable bonds is 23. The third-order valence-corrected chi connectivity index (χ3v) is 6.34. The van der Waals surface area contributed by atoms with Crippen molar-refractivity contribution in [1.29, 1.82) is 0 Å². The summed E-state index contributed by atoms with van der Waals surface area (Å²) in [6, 6.07) is 0. The van der Waals surface area contributed by atoms with Gasteiger partial charge in [0.2, 0.25) is 0 Å². The Morgan fingerprint density at radius 2 is 0.967 bits per heavy atom. The summed E-state index contributed by atoms with van der Waals surface area (Å²) in [5, 5.41) is 4.26. The molecular formula is C29H52N. The first kappa shape index (κ1) is 27.1. The van der Waals surface area contributed by atoms with Gasteiger partial charge in [0.25, 0.3) is 0 Å². The summed E-state index contributed by atoms with van der Waals surface area (Å²) in [5.74, 6) is 0. The van der Waals surface area contributed by atoms with Gasteiger partial charge in [0.05, 0.1) is 5.70 Å². The van der Waals surface area contributed by atoms with E-state index in [0.717, 1.165) is 5.70 Å². The van der Waals surface area contributed by atoms with E-state index in [1.165, 1.54) is 141 Å². The molecule has 0 aromatic heterocycles. The summed E-state index contributed by atoms with van der Waals surface area (Å²) in [6.07, 6.45) is 42.0. The second kappa shape index (κ2) is 22.7. The summed E-state index contributed by atoms with van der Waals surface area (Å²) in [4.78, 5) is 0. The average Bonchev–Trinajstić information content (AvgIpc) is 3.28. The molecule has 1 heteroatoms. The Balaban J connectivity index is 1.64. The molecule has 0 unspecified atom stereocenters. The molecule has 0 bridgehead atoms. The molecule has 0 spiro atoms. The minimum atomic E-state index is 1.10. The van der Waals surface area contributed by atoms with Crippen LogP contribution in [-0.2, 0) is 0 Å². The van der Waals surface area contributed by atoms with E-state index in [4.69, 9.17) is 0 Å². The lowest BCUT2D eigenvalue weighted by Crippen LogP contribution is -1.86. The molecule has 1 rings (SSSR count). The van der Waals surface area contributed by atoms with Gasteiger partial charge in [0.15, 0.2) is 0 Å². The summed E-state index contributed by atoms with van der Waals surface area (Å²) in [6.45, 7) is 2.30. The first-order chi connectivity index (χ1) is 14.9. The maximum Gasteiger partial charge on any atom is 0.0626 e. The van der Waals surface area contributed by atoms with Gasteiger partial charge in [0, 0.05) is 6.20 Å². The van der Waals surface area contributed by atoms with Crippen molar-refractivity contribution in [2.24, 2.45) is 0 Å². The lowest BCUT2D eigenvalue weighted by Gasteiger charge is -2.04. The predicted molar refractivity (Wildman–Crippen MR) is 136 cm³/mol. The lowest BCUT2D eigenvalue weighted by molar-refractivity contribution is 0.520. The highest BCUT2D eigenvalue weighted by Gasteiger charge is 1.96. The van der Waals surface area contributed by atoms with Gasteiger partial charge in [-0.3, -0.25) is 5.32 Å². The van der Waals surface area contributed by atoms with Crippen molar-refractivity contribution in [3.63, 3.8) is 0 Å². The van der Waals surface area contributed by atoms with Crippen LogP contribution < -0.4 is 5.32 Å². The molecule has 0 fully saturated rings. The quantitative estimate of drug-likeness (QED) is 0.148. The number of hydrogen-bond acceptors (Lipinski definition) is 0. The minimum Gasteiger partial charge on any atom is -0.257 e. The highest BCUT2D eigenvalue weighted by molar-refractivity contribution is 5.28. The third kappa shape index (κ3) is 19.0. The van der Waals surface area contributed by atoms with Gasteiger partial charge in [-0.05, 0) is 31.1 Å². The molecule has 0 saturated carbocycles. The standard InChI is InChI=1S/C29H52N/c1-2-3-4-5-6-7-8-9-10-11-12-13-14-15-16-17-18-19-20-21-22-23-24-26-29-27-25-28-30-29/h24-28H,2-23H2,1H3/b26-24+. The van der Waals surface area contributed by atoms with Crippen LogP contribution in [0.1, 0.15) is 148 Å². The monoisotopic (exact) mass is 414 g/mol. The van der Waals surface area contributed by atoms with Crippen molar-refractivity contribution >= 4 is 0 Å². The van der Waals surface area contributed by atoms with Crippen molar-refractivity contribution in [3.05, 3.63) is 36.2 Å². The van der Waals surface area contributed by atoms with Gasteiger partial charge >= 0.3 is 0 Å². The van der Waals surface area contributed by atoms with Crippen molar-refractivity contribution in [2.75, 3.05) is 0 Å². The summed E-state index contributed by atoms with van der Waals surface area (Å²) in [7, 11) is 0. The van der Waals surface area contributed by atoms with E-state index in [0.29, 0.717) is 0 Å². The molecule has 1 aliphatic heterocycles. The molecule has 0 amide bonds. The number of nitrogens with zero attached hydrogens (tertiary/aromatic N) is 1. The molecule has 173 valence electrons. The molecule has 1 heterocycles. The Labute approximate surface area is 189 Å². The van der Waals surface area contributed by atoms with Crippen LogP contribution in [0.3, 0.4) is 0 Å². The molecule has 0 aliphatic carbocycles. The Morgan fingerprint density at radius 3 is 1.33 bits per heavy atom. The number of allylic oxidation sites excluding steroid dienone is 4. The molecule has 1 nitrogen and oxygen atoms in total. The zero-order chi connectivity index (χ0) is 21.4. The van der Waals surface area contributed by atoms with E-state index in [-0.39, 0.29) is 0 Å². The van der Waals surface area contributed by atoms with E-state index in [2.05, 4.69) is 30.5 Å². The fraction of sp³-hybridized carbons (Fsp3) is 0.793. The highest BCUT2D eigenvalue weighted by Crippen LogP contribution is 2.15. The first-order valence-electron chi connectivity index (χ1n) is 13.7. The normalized spacial score (nSPS) is 13.3. The molecule has 0 N–H and O–H groups in total. The van der Waals surface area contributed by atoms with Crippen molar-refractivity contribution in [1.82, 2.24) is 5.32 Å². The Kier molecular flexibility index (Phi) is 20.5. The van der Waals surface area contributed by atoms with Gasteiger partial charge in [-0.2, -0.15) is 0 Å². The molecule has 1 aliphatic rings. The van der Waals surface area contributed by atoms with Gasteiger partial charge < -0.3 is 0 Å². The van der Waals surface area contributed by atoms with Gasteiger partial charge in [-0.25, -0.2) is 0 Å². The van der Waals surface area contributed by atoms with Crippen LogP contribution in [0.15, 0.2) is 36.2 Å². The van der Waals surface area contributed by atoms with Crippen LogP contribution in [0.25, 0.3) is 0 Å². The van der Waals surface area contributed by atoms with Crippen molar-refractivity contribution in [2.45, 2.75) is 148 Å². The van der Waals surface area contributed by atoms with E-state index in [1.54, 1.807) is 0 Å². The molecule has 0 aromatic carbocycles. The Morgan fingerprint density at radius 1 is 0.567 bits per heavy atom. The third-order valence-electron chi connectivity index (χ3n) is 6.34. The summed E-state index contributed by atoms with van der Waals surface area (Å²) in [5.41, 5.74) is 1.10. The van der Waals surface area contributed by atoms with Crippen LogP contribution in [0, 0.1) is 0 Å². The predicted octanol–water partition coefficient (Wildman–Crippen LogP) is 10.2. The molecule has 0 aromatic rings. The van der Waals surface area contributed by atoms with Gasteiger partial charge in [-0.15, -0.1) is 0 Å². The van der Waals surface area contributed by atoms with Crippen molar-refractivity contribution < 1.29 is 0 Å². The maximum absolute atomic E-state index is 4.26. The van der Waals surface area contributed by atoms with Gasteiger partial charge in [0.1, 0.15) is 0 Å². The summed E-state index contributed by atoms with van der Waals surface area (Å²) >= 11 is 0. The SMILES string of the molecule is CCCCCCCCCCCCCCCCCCCCCCC/C=C/C1=CC=C[N]1. The average molecular weight is 415 g/mol. The Hall–Kier alpha value is -0.980. The molecule has 30 heavy (non-hydrogen) atoms. The smallest absolute Gasteiger partial charge is 0.0626 e. The van der Waals surface area contributed by atoms with Crippen LogP contribution in [0.5, 0.6) is 0 Å². The summed E-state index contributed by atoms with van der Waals surface area (Å²) < 4.78 is 0. The number of hydrogen-bond donors (Lipinski definition) is 0. The van der Waals surface area contributed by atoms with E-state index < -0.39 is 0 Å². The van der Waals surface area contributed by atoms with E-state index >= 15 is 0 Å². The Bertz CT molecular complexity index is 432. The van der Waals surface area contributed by atoms with Crippen LogP contribution in [-0.4, -0.2) is 0 Å². The van der Waals surface area contributed by atoms with E-state index in [9.17, 15) is 0 Å². The van der Waals surface area contributed by atoms with Crippen LogP contribution in [0.4, 0.5) is 0 Å². The minimum absolute atomic E-state index is 1.10. The topological polar surface area (TPSA) is 14.1 Å². The van der Waals surface area contributed by atoms with E-state index in [1.807, 2.05) is 12.3 Å². The zero-order valence-corrected chi connectivity index (χ0v) is 20.4. The second-order valence-electron chi connectivity index (χ2n) is 9.32. The fourth-order valence-corrected chi connectivity index (χ4v) is 4.31. The van der Waals surface area contributed by atoms with Gasteiger partial charge in [-0.1, -0.05) is 141 Å². The second-order valence-corrected chi connectivity index (χ2v) is 9.32. The van der Waals surface area contributed by atoms with Crippen LogP contribution >= 0.6 is 0 Å². The molecular weight excluding hydrogens is 362 g/mol. The zero-order valence-electron chi connectivity index (χ0n) is 20.4.